The smallest absolute Gasteiger partial charge is 0.171 e. The van der Waals surface area contributed by atoms with Crippen molar-refractivity contribution in [2.75, 3.05) is 6.54 Å². The average molecular weight is 340 g/mol. The monoisotopic (exact) mass is 340 g/mol. The second kappa shape index (κ2) is 6.64. The minimum atomic E-state index is 0.158. The quantitative estimate of drug-likeness (QED) is 0.703. The number of fused-ring (bicyclic) bond motifs is 1. The van der Waals surface area contributed by atoms with Gasteiger partial charge in [0.15, 0.2) is 5.82 Å². The predicted octanol–water partition coefficient (Wildman–Crippen LogP) is 2.13. The molecule has 0 aromatic carbocycles. The molecule has 0 radical (unpaired) electrons. The highest BCUT2D eigenvalue weighted by Crippen LogP contribution is 2.26. The van der Waals surface area contributed by atoms with E-state index in [1.165, 1.54) is 0 Å². The van der Waals surface area contributed by atoms with E-state index in [0.717, 1.165) is 48.5 Å². The van der Waals surface area contributed by atoms with Crippen molar-refractivity contribution in [3.63, 3.8) is 0 Å². The van der Waals surface area contributed by atoms with Gasteiger partial charge in [0.1, 0.15) is 23.9 Å². The van der Waals surface area contributed by atoms with Crippen LogP contribution in [0.15, 0.2) is 35.1 Å². The van der Waals surface area contributed by atoms with Gasteiger partial charge in [-0.3, -0.25) is 9.88 Å². The minimum absolute atomic E-state index is 0.158. The van der Waals surface area contributed by atoms with Crippen molar-refractivity contribution in [2.45, 2.75) is 39.6 Å². The third-order valence-corrected chi connectivity index (χ3v) is 4.43. The van der Waals surface area contributed by atoms with E-state index >= 15 is 0 Å². The lowest BCUT2D eigenvalue weighted by Gasteiger charge is -2.32. The fraction of sp³-hybridized carbons (Fsp3) is 0.412. The average Bonchev–Trinajstić information content (AvgIpc) is 3.23. The fourth-order valence-electron chi connectivity index (χ4n) is 3.09. The van der Waals surface area contributed by atoms with Crippen molar-refractivity contribution in [2.24, 2.45) is 0 Å². The molecule has 8 nitrogen and oxygen atoms in total. The number of pyridine rings is 1. The Morgan fingerprint density at radius 2 is 2.24 bits per heavy atom. The molecule has 0 bridgehead atoms. The van der Waals surface area contributed by atoms with Crippen LogP contribution in [0.4, 0.5) is 0 Å². The van der Waals surface area contributed by atoms with Crippen LogP contribution in [0.2, 0.25) is 0 Å². The summed E-state index contributed by atoms with van der Waals surface area (Å²) in [5, 5.41) is 12.8. The van der Waals surface area contributed by atoms with E-state index in [4.69, 9.17) is 9.26 Å². The van der Waals surface area contributed by atoms with E-state index in [-0.39, 0.29) is 6.04 Å². The summed E-state index contributed by atoms with van der Waals surface area (Å²) in [7, 11) is 0. The van der Waals surface area contributed by atoms with Gasteiger partial charge in [0, 0.05) is 31.9 Å². The summed E-state index contributed by atoms with van der Waals surface area (Å²) >= 11 is 0. The normalized spacial score (nSPS) is 17.4. The van der Waals surface area contributed by atoms with Crippen LogP contribution in [-0.4, -0.2) is 36.3 Å². The third-order valence-electron chi connectivity index (χ3n) is 4.43. The molecule has 0 aliphatic carbocycles. The molecule has 0 spiro atoms. The summed E-state index contributed by atoms with van der Waals surface area (Å²) in [5.74, 6) is 3.35. The van der Waals surface area contributed by atoms with Crippen molar-refractivity contribution in [1.82, 2.24) is 29.8 Å². The summed E-state index contributed by atoms with van der Waals surface area (Å²) in [5.41, 5.74) is 0.942. The van der Waals surface area contributed by atoms with Gasteiger partial charge >= 0.3 is 0 Å². The largest absolute Gasteiger partial charge is 0.484 e. The van der Waals surface area contributed by atoms with Gasteiger partial charge in [-0.2, -0.15) is 0 Å². The molecule has 4 heterocycles. The molecule has 0 N–H and O–H groups in total. The zero-order valence-electron chi connectivity index (χ0n) is 14.3. The molecule has 0 saturated carbocycles. The van der Waals surface area contributed by atoms with Crippen LogP contribution >= 0.6 is 0 Å². The van der Waals surface area contributed by atoms with Crippen LogP contribution in [0.3, 0.4) is 0 Å². The van der Waals surface area contributed by atoms with E-state index in [0.29, 0.717) is 6.61 Å². The predicted molar refractivity (Wildman–Crippen MR) is 88.7 cm³/mol. The van der Waals surface area contributed by atoms with Gasteiger partial charge in [-0.15, -0.1) is 10.2 Å². The number of rotatable bonds is 5. The zero-order valence-corrected chi connectivity index (χ0v) is 14.3. The Kier molecular flexibility index (Phi) is 4.19. The summed E-state index contributed by atoms with van der Waals surface area (Å²) < 4.78 is 13.1. The van der Waals surface area contributed by atoms with Crippen LogP contribution < -0.4 is 4.74 Å². The summed E-state index contributed by atoms with van der Waals surface area (Å²) in [6.07, 6.45) is 3.41. The molecular weight excluding hydrogens is 320 g/mol. The van der Waals surface area contributed by atoms with Crippen molar-refractivity contribution >= 4 is 0 Å². The lowest BCUT2D eigenvalue weighted by molar-refractivity contribution is 0.148. The van der Waals surface area contributed by atoms with Gasteiger partial charge in [0.25, 0.3) is 0 Å². The van der Waals surface area contributed by atoms with Gasteiger partial charge in [-0.25, -0.2) is 0 Å². The summed E-state index contributed by atoms with van der Waals surface area (Å²) in [4.78, 5) is 6.37. The first kappa shape index (κ1) is 15.8. The Hall–Kier alpha value is -2.74. The van der Waals surface area contributed by atoms with E-state index in [1.54, 1.807) is 12.4 Å². The second-order valence-corrected chi connectivity index (χ2v) is 6.18. The highest BCUT2D eigenvalue weighted by Gasteiger charge is 2.28. The Morgan fingerprint density at radius 3 is 3.00 bits per heavy atom. The lowest BCUT2D eigenvalue weighted by atomic mass is 10.2. The van der Waals surface area contributed by atoms with Crippen LogP contribution in [-0.2, 0) is 19.7 Å². The molecule has 8 heteroatoms. The lowest BCUT2D eigenvalue weighted by Crippen LogP contribution is -2.37. The zero-order chi connectivity index (χ0) is 17.2. The number of hydrogen-bond acceptors (Lipinski definition) is 7. The molecule has 1 atom stereocenters. The van der Waals surface area contributed by atoms with Crippen LogP contribution in [0.25, 0.3) is 0 Å². The standard InChI is InChI=1S/C17H20N6O2/c1-12-8-14(21-25-12)10-22-6-7-23-16(19-20-17(23)13(22)2)11-24-15-4-3-5-18-9-15/h3-5,8-9,13H,6-7,10-11H2,1-2H3/t13-/m0/s1. The third kappa shape index (κ3) is 3.25. The van der Waals surface area contributed by atoms with Crippen molar-refractivity contribution < 1.29 is 9.26 Å². The fourth-order valence-corrected chi connectivity index (χ4v) is 3.09. The summed E-state index contributed by atoms with van der Waals surface area (Å²) in [6.45, 7) is 6.90. The highest BCUT2D eigenvalue weighted by molar-refractivity contribution is 5.16. The topological polar surface area (TPSA) is 82.1 Å². The molecule has 3 aromatic heterocycles. The van der Waals surface area contributed by atoms with Gasteiger partial charge in [-0.05, 0) is 26.0 Å². The number of ether oxygens (including phenoxy) is 1. The van der Waals surface area contributed by atoms with E-state index in [9.17, 15) is 0 Å². The molecule has 4 rings (SSSR count). The molecule has 0 saturated heterocycles. The summed E-state index contributed by atoms with van der Waals surface area (Å²) in [6, 6.07) is 5.86. The van der Waals surface area contributed by atoms with E-state index in [2.05, 4.69) is 36.7 Å². The van der Waals surface area contributed by atoms with Gasteiger partial charge in [0.05, 0.1) is 17.9 Å². The minimum Gasteiger partial charge on any atom is -0.484 e. The number of nitrogens with zero attached hydrogens (tertiary/aromatic N) is 6. The molecule has 1 aliphatic rings. The molecule has 0 unspecified atom stereocenters. The first-order valence-electron chi connectivity index (χ1n) is 8.32. The van der Waals surface area contributed by atoms with Crippen molar-refractivity contribution in [3.8, 4) is 5.75 Å². The number of aryl methyl sites for hydroxylation is 1. The van der Waals surface area contributed by atoms with E-state index in [1.807, 2.05) is 25.1 Å². The van der Waals surface area contributed by atoms with Crippen LogP contribution in [0, 0.1) is 6.92 Å². The maximum Gasteiger partial charge on any atom is 0.171 e. The Morgan fingerprint density at radius 1 is 1.32 bits per heavy atom. The Balaban J connectivity index is 1.45. The van der Waals surface area contributed by atoms with Crippen LogP contribution in [0.1, 0.15) is 36.1 Å². The van der Waals surface area contributed by atoms with E-state index < -0.39 is 0 Å². The van der Waals surface area contributed by atoms with Crippen molar-refractivity contribution in [3.05, 3.63) is 53.7 Å². The van der Waals surface area contributed by atoms with Crippen LogP contribution in [0.5, 0.6) is 5.75 Å². The maximum absolute atomic E-state index is 5.76. The van der Waals surface area contributed by atoms with Gasteiger partial charge in [-0.1, -0.05) is 5.16 Å². The SMILES string of the molecule is Cc1cc(CN2CCn3c(COc4cccnc4)nnc3[C@@H]2C)no1. The van der Waals surface area contributed by atoms with Crippen molar-refractivity contribution in [1.29, 1.82) is 0 Å². The molecule has 3 aromatic rings. The number of hydrogen-bond donors (Lipinski definition) is 0. The highest BCUT2D eigenvalue weighted by atomic mass is 16.5. The first-order valence-corrected chi connectivity index (χ1v) is 8.32. The number of aromatic nitrogens is 5. The molecule has 0 amide bonds. The maximum atomic E-state index is 5.76. The molecule has 25 heavy (non-hydrogen) atoms. The molecular formula is C17H20N6O2. The molecule has 0 fully saturated rings. The van der Waals surface area contributed by atoms with Gasteiger partial charge < -0.3 is 13.8 Å². The Labute approximate surface area is 145 Å². The molecule has 1 aliphatic heterocycles. The van der Waals surface area contributed by atoms with Gasteiger partial charge in [0.2, 0.25) is 0 Å². The second-order valence-electron chi connectivity index (χ2n) is 6.18. The Bertz CT molecular complexity index is 844. The first-order chi connectivity index (χ1) is 12.2. The molecule has 130 valence electrons.